The van der Waals surface area contributed by atoms with Crippen LogP contribution >= 0.6 is 0 Å². The molecule has 0 saturated heterocycles. The largest absolute Gasteiger partial charge is 0.394 e. The SMILES string of the molecule is CCCCCCCCCCCCCCCCCCCCC(O)CC(=O)NC(CO)C(O)CCCCCCCCCCCCC. The Balaban J connectivity index is 3.59. The van der Waals surface area contributed by atoms with Gasteiger partial charge in [0.15, 0.2) is 0 Å². The van der Waals surface area contributed by atoms with Gasteiger partial charge in [-0.2, -0.15) is 0 Å². The number of aliphatic hydroxyl groups excluding tert-OH is 3. The predicted octanol–water partition coefficient (Wildman–Crippen LogP) is 10.7. The summed E-state index contributed by atoms with van der Waals surface area (Å²) in [7, 11) is 0. The molecule has 0 aliphatic carbocycles. The lowest BCUT2D eigenvalue weighted by Gasteiger charge is -2.23. The molecule has 3 unspecified atom stereocenters. The average Bonchev–Trinajstić information content (AvgIpc) is 3.01. The number of hydrogen-bond donors (Lipinski definition) is 4. The summed E-state index contributed by atoms with van der Waals surface area (Å²) in [6.45, 7) is 4.26. The smallest absolute Gasteiger partial charge is 0.222 e. The van der Waals surface area contributed by atoms with E-state index in [1.807, 2.05) is 0 Å². The molecule has 264 valence electrons. The van der Waals surface area contributed by atoms with Crippen LogP contribution in [-0.4, -0.2) is 46.1 Å². The molecule has 0 heterocycles. The van der Waals surface area contributed by atoms with Crippen LogP contribution in [0, 0.1) is 0 Å². The molecule has 0 aliphatic rings. The third kappa shape index (κ3) is 31.3. The van der Waals surface area contributed by atoms with Crippen LogP contribution in [0.3, 0.4) is 0 Å². The van der Waals surface area contributed by atoms with Crippen molar-refractivity contribution in [3.8, 4) is 0 Å². The van der Waals surface area contributed by atoms with E-state index in [1.54, 1.807) is 0 Å². The third-order valence-electron chi connectivity index (χ3n) is 9.42. The molecule has 1 amide bonds. The molecule has 0 spiro atoms. The topological polar surface area (TPSA) is 89.8 Å². The zero-order valence-corrected chi connectivity index (χ0v) is 29.8. The van der Waals surface area contributed by atoms with Crippen molar-refractivity contribution in [3.63, 3.8) is 0 Å². The average molecular weight is 626 g/mol. The summed E-state index contributed by atoms with van der Waals surface area (Å²) in [6.07, 6.45) is 37.7. The quantitative estimate of drug-likeness (QED) is 0.0521. The highest BCUT2D eigenvalue weighted by Gasteiger charge is 2.21. The normalized spacial score (nSPS) is 13.7. The van der Waals surface area contributed by atoms with E-state index in [9.17, 15) is 20.1 Å². The van der Waals surface area contributed by atoms with Crippen molar-refractivity contribution in [1.82, 2.24) is 5.32 Å². The Hall–Kier alpha value is -0.650. The fourth-order valence-corrected chi connectivity index (χ4v) is 6.35. The predicted molar refractivity (Wildman–Crippen MR) is 190 cm³/mol. The summed E-state index contributed by atoms with van der Waals surface area (Å²) >= 11 is 0. The van der Waals surface area contributed by atoms with Crippen LogP contribution in [0.2, 0.25) is 0 Å². The van der Waals surface area contributed by atoms with Gasteiger partial charge < -0.3 is 20.6 Å². The van der Waals surface area contributed by atoms with Crippen LogP contribution in [0.25, 0.3) is 0 Å². The van der Waals surface area contributed by atoms with Crippen LogP contribution in [0.5, 0.6) is 0 Å². The highest BCUT2D eigenvalue weighted by atomic mass is 16.3. The number of amides is 1. The lowest BCUT2D eigenvalue weighted by molar-refractivity contribution is -0.125. The molecule has 0 aromatic heterocycles. The zero-order chi connectivity index (χ0) is 32.4. The van der Waals surface area contributed by atoms with Gasteiger partial charge in [0.2, 0.25) is 5.91 Å². The maximum absolute atomic E-state index is 12.4. The van der Waals surface area contributed by atoms with E-state index < -0.39 is 18.2 Å². The van der Waals surface area contributed by atoms with Gasteiger partial charge in [-0.15, -0.1) is 0 Å². The number of unbranched alkanes of at least 4 members (excludes halogenated alkanes) is 27. The number of aliphatic hydroxyl groups is 3. The minimum atomic E-state index is -0.741. The second-order valence-electron chi connectivity index (χ2n) is 13.9. The fourth-order valence-electron chi connectivity index (χ4n) is 6.35. The van der Waals surface area contributed by atoms with Crippen molar-refractivity contribution in [2.24, 2.45) is 0 Å². The molecule has 44 heavy (non-hydrogen) atoms. The van der Waals surface area contributed by atoms with Crippen molar-refractivity contribution >= 4 is 5.91 Å². The first-order valence-electron chi connectivity index (χ1n) is 19.8. The van der Waals surface area contributed by atoms with E-state index in [-0.39, 0.29) is 18.9 Å². The Morgan fingerprint density at radius 3 is 1.09 bits per heavy atom. The number of rotatable bonds is 36. The Kier molecular flexibility index (Phi) is 34.7. The Bertz CT molecular complexity index is 572. The highest BCUT2D eigenvalue weighted by molar-refractivity contribution is 5.76. The summed E-state index contributed by atoms with van der Waals surface area (Å²) < 4.78 is 0. The lowest BCUT2D eigenvalue weighted by atomic mass is 10.0. The Morgan fingerprint density at radius 1 is 0.477 bits per heavy atom. The summed E-state index contributed by atoms with van der Waals surface area (Å²) in [5.74, 6) is -0.281. The summed E-state index contributed by atoms with van der Waals surface area (Å²) in [5, 5.41) is 33.2. The van der Waals surface area contributed by atoms with Crippen LogP contribution in [0.1, 0.15) is 219 Å². The third-order valence-corrected chi connectivity index (χ3v) is 9.42. The molecule has 5 nitrogen and oxygen atoms in total. The van der Waals surface area contributed by atoms with Gasteiger partial charge >= 0.3 is 0 Å². The van der Waals surface area contributed by atoms with Crippen molar-refractivity contribution in [1.29, 1.82) is 0 Å². The van der Waals surface area contributed by atoms with Gasteiger partial charge in [-0.05, 0) is 12.8 Å². The first-order valence-corrected chi connectivity index (χ1v) is 19.8. The first-order chi connectivity index (χ1) is 21.5. The molecular formula is C39H79NO4. The van der Waals surface area contributed by atoms with Gasteiger partial charge in [0, 0.05) is 0 Å². The fraction of sp³-hybridized carbons (Fsp3) is 0.974. The van der Waals surface area contributed by atoms with Gasteiger partial charge in [0.05, 0.1) is 31.3 Å². The first kappa shape index (κ1) is 43.4. The number of carbonyl (C=O) groups is 1. The standard InChI is InChI=1S/C39H79NO4/c1-3-5-7-9-11-13-15-16-17-18-19-20-21-23-24-26-28-30-32-36(42)34-39(44)40-37(35-41)38(43)33-31-29-27-25-22-14-12-10-8-6-4-2/h36-38,41-43H,3-35H2,1-2H3,(H,40,44). The Labute approximate surface area is 275 Å². The summed E-state index contributed by atoms with van der Waals surface area (Å²) in [4.78, 5) is 12.4. The molecule has 4 N–H and O–H groups in total. The molecular weight excluding hydrogens is 546 g/mol. The van der Waals surface area contributed by atoms with Crippen LogP contribution in [0.4, 0.5) is 0 Å². The van der Waals surface area contributed by atoms with E-state index in [2.05, 4.69) is 19.2 Å². The second kappa shape index (κ2) is 35.2. The molecule has 5 heteroatoms. The van der Waals surface area contributed by atoms with E-state index >= 15 is 0 Å². The van der Waals surface area contributed by atoms with E-state index in [0.717, 1.165) is 25.7 Å². The van der Waals surface area contributed by atoms with Gasteiger partial charge in [0.25, 0.3) is 0 Å². The van der Waals surface area contributed by atoms with E-state index in [0.29, 0.717) is 12.8 Å². The van der Waals surface area contributed by atoms with Crippen molar-refractivity contribution < 1.29 is 20.1 Å². The molecule has 0 rings (SSSR count). The minimum absolute atomic E-state index is 0.0423. The lowest BCUT2D eigenvalue weighted by Crippen LogP contribution is -2.46. The summed E-state index contributed by atoms with van der Waals surface area (Å²) in [6, 6.07) is -0.650. The number of carbonyl (C=O) groups excluding carboxylic acids is 1. The zero-order valence-electron chi connectivity index (χ0n) is 29.8. The minimum Gasteiger partial charge on any atom is -0.394 e. The van der Waals surface area contributed by atoms with E-state index in [4.69, 9.17) is 0 Å². The maximum Gasteiger partial charge on any atom is 0.222 e. The molecule has 0 fully saturated rings. The highest BCUT2D eigenvalue weighted by Crippen LogP contribution is 2.16. The van der Waals surface area contributed by atoms with Crippen molar-refractivity contribution in [2.45, 2.75) is 238 Å². The summed E-state index contributed by atoms with van der Waals surface area (Å²) in [5.41, 5.74) is 0. The Morgan fingerprint density at radius 2 is 0.773 bits per heavy atom. The molecule has 0 saturated carbocycles. The van der Waals surface area contributed by atoms with Gasteiger partial charge in [-0.1, -0.05) is 200 Å². The van der Waals surface area contributed by atoms with Gasteiger partial charge in [-0.3, -0.25) is 4.79 Å². The molecule has 3 atom stereocenters. The molecule has 0 aromatic carbocycles. The molecule has 0 bridgehead atoms. The number of nitrogens with one attached hydrogen (secondary N) is 1. The molecule has 0 radical (unpaired) electrons. The van der Waals surface area contributed by atoms with Gasteiger partial charge in [-0.25, -0.2) is 0 Å². The van der Waals surface area contributed by atoms with Crippen LogP contribution in [0.15, 0.2) is 0 Å². The van der Waals surface area contributed by atoms with Gasteiger partial charge in [0.1, 0.15) is 0 Å². The van der Waals surface area contributed by atoms with Crippen molar-refractivity contribution in [2.75, 3.05) is 6.61 Å². The van der Waals surface area contributed by atoms with Crippen LogP contribution < -0.4 is 5.32 Å². The molecule has 0 aromatic rings. The van der Waals surface area contributed by atoms with Crippen LogP contribution in [-0.2, 0) is 4.79 Å². The molecule has 0 aliphatic heterocycles. The van der Waals surface area contributed by atoms with Crippen molar-refractivity contribution in [3.05, 3.63) is 0 Å². The number of hydrogen-bond acceptors (Lipinski definition) is 4. The maximum atomic E-state index is 12.4. The second-order valence-corrected chi connectivity index (χ2v) is 13.9. The monoisotopic (exact) mass is 626 g/mol. The van der Waals surface area contributed by atoms with E-state index in [1.165, 1.54) is 161 Å².